The molecule has 0 atom stereocenters. The molecule has 0 amide bonds. The summed E-state index contributed by atoms with van der Waals surface area (Å²) in [5, 5.41) is 3.28. The van der Waals surface area contributed by atoms with Gasteiger partial charge in [-0.2, -0.15) is 0 Å². The Hall–Kier alpha value is -1.29. The number of hydrogen-bond donors (Lipinski definition) is 1. The van der Waals surface area contributed by atoms with E-state index < -0.39 is 0 Å². The minimum atomic E-state index is -0.291. The lowest BCUT2D eigenvalue weighted by Gasteiger charge is -2.33. The maximum absolute atomic E-state index is 13.6. The second-order valence-electron chi connectivity index (χ2n) is 4.37. The number of nitrogens with one attached hydrogen (secondary N) is 1. The van der Waals surface area contributed by atoms with E-state index in [-0.39, 0.29) is 5.82 Å². The molecule has 17 heavy (non-hydrogen) atoms. The van der Waals surface area contributed by atoms with Gasteiger partial charge in [0.15, 0.2) is 11.6 Å². The van der Waals surface area contributed by atoms with Crippen molar-refractivity contribution >= 4 is 5.69 Å². The first-order valence-electron chi connectivity index (χ1n) is 6.00. The molecule has 0 aromatic heterocycles. The molecule has 0 saturated carbocycles. The fourth-order valence-corrected chi connectivity index (χ4v) is 2.28. The first-order valence-corrected chi connectivity index (χ1v) is 6.00. The van der Waals surface area contributed by atoms with Crippen molar-refractivity contribution in [1.82, 2.24) is 5.32 Å². The Morgan fingerprint density at radius 1 is 1.35 bits per heavy atom. The van der Waals surface area contributed by atoms with Gasteiger partial charge in [-0.15, -0.1) is 0 Å². The van der Waals surface area contributed by atoms with Crippen LogP contribution in [0.3, 0.4) is 0 Å². The summed E-state index contributed by atoms with van der Waals surface area (Å²) in [5.74, 6) is 0.0135. The van der Waals surface area contributed by atoms with Gasteiger partial charge in [0.25, 0.3) is 0 Å². The average molecular weight is 238 g/mol. The Bertz CT molecular complexity index is 376. The quantitative estimate of drug-likeness (QED) is 0.872. The summed E-state index contributed by atoms with van der Waals surface area (Å²) in [6.07, 6.45) is 2.20. The summed E-state index contributed by atoms with van der Waals surface area (Å²) in [7, 11) is 3.48. The summed E-state index contributed by atoms with van der Waals surface area (Å²) in [6, 6.07) is 5.75. The molecule has 3 nitrogen and oxygen atoms in total. The minimum absolute atomic E-state index is 0.291. The molecule has 0 bridgehead atoms. The van der Waals surface area contributed by atoms with Gasteiger partial charge in [-0.05, 0) is 32.0 Å². The Morgan fingerprint density at radius 2 is 2.06 bits per heavy atom. The lowest BCUT2D eigenvalue weighted by Crippen LogP contribution is -2.41. The van der Waals surface area contributed by atoms with Crippen LogP contribution in [0.5, 0.6) is 5.75 Å². The Kier molecular flexibility index (Phi) is 3.84. The van der Waals surface area contributed by atoms with Crippen LogP contribution in [-0.4, -0.2) is 33.3 Å². The smallest absolute Gasteiger partial charge is 0.167 e. The predicted octanol–water partition coefficient (Wildman–Crippen LogP) is 2.02. The monoisotopic (exact) mass is 238 g/mol. The van der Waals surface area contributed by atoms with Gasteiger partial charge in [0.2, 0.25) is 0 Å². The van der Waals surface area contributed by atoms with Crippen molar-refractivity contribution in [1.29, 1.82) is 0 Å². The first-order chi connectivity index (χ1) is 8.24. The number of piperidine rings is 1. The van der Waals surface area contributed by atoms with Crippen LogP contribution < -0.4 is 15.0 Å². The van der Waals surface area contributed by atoms with E-state index in [0.29, 0.717) is 11.8 Å². The maximum atomic E-state index is 13.6. The second kappa shape index (κ2) is 5.36. The van der Waals surface area contributed by atoms with Crippen molar-refractivity contribution in [2.75, 3.05) is 32.1 Å². The van der Waals surface area contributed by atoms with Crippen molar-refractivity contribution in [3.63, 3.8) is 0 Å². The highest BCUT2D eigenvalue weighted by Gasteiger charge is 2.18. The lowest BCUT2D eigenvalue weighted by molar-refractivity contribution is 0.386. The number of ether oxygens (including phenoxy) is 1. The van der Waals surface area contributed by atoms with E-state index in [1.165, 1.54) is 7.11 Å². The summed E-state index contributed by atoms with van der Waals surface area (Å²) in [4.78, 5) is 2.22. The summed E-state index contributed by atoms with van der Waals surface area (Å²) >= 11 is 0. The van der Waals surface area contributed by atoms with Gasteiger partial charge in [0, 0.05) is 30.9 Å². The maximum Gasteiger partial charge on any atom is 0.167 e. The fourth-order valence-electron chi connectivity index (χ4n) is 2.28. The molecule has 2 rings (SSSR count). The number of methoxy groups -OCH3 is 1. The highest BCUT2D eigenvalue weighted by molar-refractivity contribution is 5.50. The highest BCUT2D eigenvalue weighted by atomic mass is 19.1. The zero-order valence-corrected chi connectivity index (χ0v) is 10.4. The second-order valence-corrected chi connectivity index (χ2v) is 4.37. The van der Waals surface area contributed by atoms with Gasteiger partial charge >= 0.3 is 0 Å². The topological polar surface area (TPSA) is 24.5 Å². The number of halogens is 1. The van der Waals surface area contributed by atoms with Crippen molar-refractivity contribution in [3.05, 3.63) is 24.0 Å². The van der Waals surface area contributed by atoms with Crippen LogP contribution >= 0.6 is 0 Å². The standard InChI is InChI=1S/C13H19FN2O/c1-15-10-5-7-16(8-6-10)11-3-4-13(17-2)12(14)9-11/h3-4,9-10,15H,5-8H2,1-2H3. The van der Waals surface area contributed by atoms with Crippen LogP contribution in [0.15, 0.2) is 18.2 Å². The highest BCUT2D eigenvalue weighted by Crippen LogP contribution is 2.25. The van der Waals surface area contributed by atoms with E-state index in [4.69, 9.17) is 4.74 Å². The molecule has 0 aliphatic carbocycles. The molecule has 0 radical (unpaired) electrons. The molecule has 1 aliphatic rings. The van der Waals surface area contributed by atoms with Crippen LogP contribution in [0, 0.1) is 5.82 Å². The van der Waals surface area contributed by atoms with Crippen molar-refractivity contribution in [3.8, 4) is 5.75 Å². The van der Waals surface area contributed by atoms with Gasteiger partial charge in [-0.25, -0.2) is 4.39 Å². The largest absolute Gasteiger partial charge is 0.494 e. The van der Waals surface area contributed by atoms with E-state index in [1.807, 2.05) is 13.1 Å². The van der Waals surface area contributed by atoms with Crippen molar-refractivity contribution < 1.29 is 9.13 Å². The Morgan fingerprint density at radius 3 is 2.59 bits per heavy atom. The molecule has 1 aliphatic heterocycles. The molecule has 1 fully saturated rings. The molecule has 1 heterocycles. The van der Waals surface area contributed by atoms with E-state index in [2.05, 4.69) is 10.2 Å². The molecule has 1 saturated heterocycles. The van der Waals surface area contributed by atoms with E-state index in [0.717, 1.165) is 31.6 Å². The van der Waals surface area contributed by atoms with Gasteiger partial charge in [-0.1, -0.05) is 0 Å². The zero-order chi connectivity index (χ0) is 12.3. The van der Waals surface area contributed by atoms with Crippen LogP contribution in [0.4, 0.5) is 10.1 Å². The molecule has 0 unspecified atom stereocenters. The molecule has 4 heteroatoms. The summed E-state index contributed by atoms with van der Waals surface area (Å²) in [6.45, 7) is 1.94. The Labute approximate surface area is 102 Å². The number of rotatable bonds is 3. The molecule has 1 aromatic rings. The normalized spacial score (nSPS) is 17.2. The van der Waals surface area contributed by atoms with E-state index in [9.17, 15) is 4.39 Å². The molecule has 1 N–H and O–H groups in total. The number of anilines is 1. The molecule has 1 aromatic carbocycles. The zero-order valence-electron chi connectivity index (χ0n) is 10.4. The Balaban J connectivity index is 2.06. The third kappa shape index (κ3) is 2.69. The van der Waals surface area contributed by atoms with Gasteiger partial charge in [-0.3, -0.25) is 0 Å². The molecular weight excluding hydrogens is 219 g/mol. The molecule has 0 spiro atoms. The lowest BCUT2D eigenvalue weighted by atomic mass is 10.0. The van der Waals surface area contributed by atoms with Gasteiger partial charge in [0.05, 0.1) is 7.11 Å². The fraction of sp³-hybridized carbons (Fsp3) is 0.538. The summed E-state index contributed by atoms with van der Waals surface area (Å²) < 4.78 is 18.5. The van der Waals surface area contributed by atoms with Crippen molar-refractivity contribution in [2.24, 2.45) is 0 Å². The molecular formula is C13H19FN2O. The number of hydrogen-bond acceptors (Lipinski definition) is 3. The average Bonchev–Trinajstić information content (AvgIpc) is 2.39. The number of nitrogens with zero attached hydrogens (tertiary/aromatic N) is 1. The third-order valence-corrected chi connectivity index (χ3v) is 3.40. The van der Waals surface area contributed by atoms with Gasteiger partial charge < -0.3 is 15.0 Å². The minimum Gasteiger partial charge on any atom is -0.494 e. The third-order valence-electron chi connectivity index (χ3n) is 3.40. The summed E-state index contributed by atoms with van der Waals surface area (Å²) in [5.41, 5.74) is 0.942. The van der Waals surface area contributed by atoms with Gasteiger partial charge in [0.1, 0.15) is 0 Å². The van der Waals surface area contributed by atoms with Crippen LogP contribution in [-0.2, 0) is 0 Å². The van der Waals surface area contributed by atoms with Crippen molar-refractivity contribution in [2.45, 2.75) is 18.9 Å². The van der Waals surface area contributed by atoms with E-state index >= 15 is 0 Å². The van der Waals surface area contributed by atoms with Crippen LogP contribution in [0.25, 0.3) is 0 Å². The SMILES string of the molecule is CNC1CCN(c2ccc(OC)c(F)c2)CC1. The van der Waals surface area contributed by atoms with Crippen LogP contribution in [0.2, 0.25) is 0 Å². The first kappa shape index (κ1) is 12.2. The van der Waals surface area contributed by atoms with E-state index in [1.54, 1.807) is 12.1 Å². The predicted molar refractivity (Wildman–Crippen MR) is 67.2 cm³/mol. The van der Waals surface area contributed by atoms with Crippen LogP contribution in [0.1, 0.15) is 12.8 Å². The number of benzene rings is 1. The molecule has 94 valence electrons.